The number of H-pyrrole nitrogens is 1. The Morgan fingerprint density at radius 2 is 2.12 bits per heavy atom. The number of rotatable bonds is 5. The maximum atomic E-state index is 4.59. The Labute approximate surface area is 142 Å². The largest absolute Gasteiger partial charge is 0.379 e. The minimum atomic E-state index is 0.718. The topological polar surface area (TPSA) is 58.5 Å². The average molecular weight is 321 g/mol. The van der Waals surface area contributed by atoms with Crippen LogP contribution in [-0.2, 0) is 13.6 Å². The van der Waals surface area contributed by atoms with Crippen LogP contribution < -0.4 is 5.32 Å². The summed E-state index contributed by atoms with van der Waals surface area (Å²) in [6, 6.07) is 8.39. The van der Waals surface area contributed by atoms with Crippen molar-refractivity contribution in [3.8, 4) is 11.4 Å². The summed E-state index contributed by atoms with van der Waals surface area (Å²) in [6.07, 6.45) is 4.62. The molecule has 2 aromatic heterocycles. The van der Waals surface area contributed by atoms with Gasteiger partial charge >= 0.3 is 0 Å². The summed E-state index contributed by atoms with van der Waals surface area (Å²) < 4.78 is 1.99. The van der Waals surface area contributed by atoms with Gasteiger partial charge < -0.3 is 10.3 Å². The summed E-state index contributed by atoms with van der Waals surface area (Å²) in [7, 11) is 2.02. The molecule has 1 aromatic carbocycles. The van der Waals surface area contributed by atoms with Crippen molar-refractivity contribution in [2.24, 2.45) is 7.05 Å². The van der Waals surface area contributed by atoms with E-state index in [1.165, 1.54) is 24.1 Å². The summed E-state index contributed by atoms with van der Waals surface area (Å²) in [4.78, 5) is 7.94. The molecule has 3 aromatic rings. The van der Waals surface area contributed by atoms with Crippen molar-refractivity contribution < 1.29 is 0 Å². The number of benzene rings is 1. The van der Waals surface area contributed by atoms with Gasteiger partial charge in [-0.15, -0.1) is 0 Å². The molecule has 2 N–H and O–H groups in total. The molecule has 0 aliphatic heterocycles. The lowest BCUT2D eigenvalue weighted by molar-refractivity contribution is 0.717. The van der Waals surface area contributed by atoms with Crippen LogP contribution in [0.4, 0.5) is 5.69 Å². The van der Waals surface area contributed by atoms with Gasteiger partial charge in [-0.2, -0.15) is 5.10 Å². The molecular formula is C19H23N5. The maximum Gasteiger partial charge on any atom is 0.137 e. The number of nitrogens with zero attached hydrogens (tertiary/aromatic N) is 3. The van der Waals surface area contributed by atoms with Gasteiger partial charge in [-0.3, -0.25) is 4.68 Å². The molecule has 1 aliphatic rings. The Balaban J connectivity index is 1.53. The summed E-state index contributed by atoms with van der Waals surface area (Å²) in [5.74, 6) is 1.64. The fraction of sp³-hybridized carbons (Fsp3) is 0.368. The second-order valence-electron chi connectivity index (χ2n) is 6.67. The van der Waals surface area contributed by atoms with Crippen LogP contribution in [0.1, 0.15) is 41.4 Å². The number of aryl methyl sites for hydroxylation is 3. The zero-order chi connectivity index (χ0) is 16.7. The molecule has 0 radical (unpaired) electrons. The van der Waals surface area contributed by atoms with Crippen LogP contribution >= 0.6 is 0 Å². The molecule has 24 heavy (non-hydrogen) atoms. The van der Waals surface area contributed by atoms with Crippen LogP contribution in [-0.4, -0.2) is 19.7 Å². The molecule has 0 atom stereocenters. The first-order chi connectivity index (χ1) is 11.6. The van der Waals surface area contributed by atoms with E-state index in [1.807, 2.05) is 24.9 Å². The monoisotopic (exact) mass is 321 g/mol. The van der Waals surface area contributed by atoms with E-state index in [4.69, 9.17) is 0 Å². The first-order valence-electron chi connectivity index (χ1n) is 8.50. The molecule has 2 heterocycles. The van der Waals surface area contributed by atoms with Gasteiger partial charge in [0, 0.05) is 24.0 Å². The number of aromatic amines is 1. The van der Waals surface area contributed by atoms with E-state index in [-0.39, 0.29) is 0 Å². The van der Waals surface area contributed by atoms with Gasteiger partial charge in [-0.25, -0.2) is 4.98 Å². The molecule has 0 amide bonds. The number of imidazole rings is 1. The van der Waals surface area contributed by atoms with E-state index in [2.05, 4.69) is 51.6 Å². The minimum Gasteiger partial charge on any atom is -0.379 e. The number of aromatic nitrogens is 4. The van der Waals surface area contributed by atoms with Crippen molar-refractivity contribution >= 4 is 5.69 Å². The summed E-state index contributed by atoms with van der Waals surface area (Å²) in [6.45, 7) is 4.87. The average Bonchev–Trinajstić information content (AvgIpc) is 3.28. The van der Waals surface area contributed by atoms with E-state index >= 15 is 0 Å². The van der Waals surface area contributed by atoms with Gasteiger partial charge in [0.25, 0.3) is 0 Å². The maximum absolute atomic E-state index is 4.59. The molecular weight excluding hydrogens is 298 g/mol. The second-order valence-corrected chi connectivity index (χ2v) is 6.67. The molecule has 5 nitrogen and oxygen atoms in total. The predicted molar refractivity (Wildman–Crippen MR) is 96.0 cm³/mol. The molecule has 1 fully saturated rings. The van der Waals surface area contributed by atoms with Crippen LogP contribution in [0.5, 0.6) is 0 Å². The Kier molecular flexibility index (Phi) is 3.63. The lowest BCUT2D eigenvalue weighted by Gasteiger charge is -2.10. The molecule has 0 saturated heterocycles. The van der Waals surface area contributed by atoms with Crippen LogP contribution in [0.3, 0.4) is 0 Å². The van der Waals surface area contributed by atoms with Gasteiger partial charge in [-0.1, -0.05) is 12.1 Å². The van der Waals surface area contributed by atoms with E-state index in [1.54, 1.807) is 0 Å². The normalized spacial score (nSPS) is 14.1. The number of hydrogen-bond acceptors (Lipinski definition) is 3. The fourth-order valence-electron chi connectivity index (χ4n) is 3.08. The van der Waals surface area contributed by atoms with Gasteiger partial charge in [0.05, 0.1) is 24.1 Å². The molecule has 124 valence electrons. The molecule has 0 bridgehead atoms. The third-order valence-corrected chi connectivity index (χ3v) is 4.84. The van der Waals surface area contributed by atoms with Crippen molar-refractivity contribution in [2.45, 2.75) is 39.2 Å². The number of nitrogens with one attached hydrogen (secondary N) is 2. The van der Waals surface area contributed by atoms with Crippen molar-refractivity contribution in [2.75, 3.05) is 5.32 Å². The predicted octanol–water partition coefficient (Wildman–Crippen LogP) is 3.92. The van der Waals surface area contributed by atoms with Crippen molar-refractivity contribution in [1.29, 1.82) is 0 Å². The quantitative estimate of drug-likeness (QED) is 0.749. The Morgan fingerprint density at radius 3 is 2.83 bits per heavy atom. The highest BCUT2D eigenvalue weighted by Crippen LogP contribution is 2.41. The lowest BCUT2D eigenvalue weighted by atomic mass is 10.1. The van der Waals surface area contributed by atoms with Crippen LogP contribution in [0.15, 0.2) is 30.5 Å². The summed E-state index contributed by atoms with van der Waals surface area (Å²) in [5, 5.41) is 7.97. The van der Waals surface area contributed by atoms with Crippen LogP contribution in [0.2, 0.25) is 0 Å². The molecule has 0 spiro atoms. The van der Waals surface area contributed by atoms with Crippen LogP contribution in [0, 0.1) is 13.8 Å². The molecule has 5 heteroatoms. The van der Waals surface area contributed by atoms with Gasteiger partial charge in [0.15, 0.2) is 0 Å². The van der Waals surface area contributed by atoms with Gasteiger partial charge in [0.1, 0.15) is 5.82 Å². The first-order valence-corrected chi connectivity index (χ1v) is 8.50. The Hall–Kier alpha value is -2.56. The minimum absolute atomic E-state index is 0.718. The van der Waals surface area contributed by atoms with E-state index in [0.29, 0.717) is 0 Å². The molecule has 0 unspecified atom stereocenters. The third kappa shape index (κ3) is 2.82. The summed E-state index contributed by atoms with van der Waals surface area (Å²) in [5.41, 5.74) is 7.05. The van der Waals surface area contributed by atoms with Gasteiger partial charge in [-0.05, 0) is 50.3 Å². The van der Waals surface area contributed by atoms with Gasteiger partial charge in [0.2, 0.25) is 0 Å². The van der Waals surface area contributed by atoms with Crippen molar-refractivity contribution in [1.82, 2.24) is 19.7 Å². The van der Waals surface area contributed by atoms with E-state index < -0.39 is 0 Å². The number of hydrogen-bond donors (Lipinski definition) is 2. The summed E-state index contributed by atoms with van der Waals surface area (Å²) >= 11 is 0. The highest BCUT2D eigenvalue weighted by molar-refractivity contribution is 5.63. The zero-order valence-corrected chi connectivity index (χ0v) is 14.4. The third-order valence-electron chi connectivity index (χ3n) is 4.84. The van der Waals surface area contributed by atoms with E-state index in [9.17, 15) is 0 Å². The number of anilines is 1. The zero-order valence-electron chi connectivity index (χ0n) is 14.4. The molecule has 4 rings (SSSR count). The highest BCUT2D eigenvalue weighted by Gasteiger charge is 2.28. The Morgan fingerprint density at radius 1 is 1.29 bits per heavy atom. The Bertz CT molecular complexity index is 850. The molecule has 1 saturated carbocycles. The first kappa shape index (κ1) is 15.0. The second kappa shape index (κ2) is 5.82. The standard InChI is InChI=1S/C19H23N5/c1-12-13(2)23-19(22-12)15-5-4-6-16(9-15)20-11-18-17(14-7-8-14)10-21-24(18)3/h4-6,9-10,14,20H,7-8,11H2,1-3H3,(H,22,23). The smallest absolute Gasteiger partial charge is 0.137 e. The SMILES string of the molecule is Cc1nc(-c2cccc(NCc3c(C4CC4)cnn3C)c2)[nH]c1C. The van der Waals surface area contributed by atoms with Crippen molar-refractivity contribution in [3.05, 3.63) is 53.1 Å². The van der Waals surface area contributed by atoms with E-state index in [0.717, 1.165) is 40.9 Å². The van der Waals surface area contributed by atoms with Crippen molar-refractivity contribution in [3.63, 3.8) is 0 Å². The lowest BCUT2D eigenvalue weighted by Crippen LogP contribution is -2.07. The molecule has 1 aliphatic carbocycles. The van der Waals surface area contributed by atoms with Crippen LogP contribution in [0.25, 0.3) is 11.4 Å². The fourth-order valence-corrected chi connectivity index (χ4v) is 3.08. The highest BCUT2D eigenvalue weighted by atomic mass is 15.3.